The van der Waals surface area contributed by atoms with Crippen molar-refractivity contribution in [3.63, 3.8) is 0 Å². The van der Waals surface area contributed by atoms with Crippen LogP contribution in [0.2, 0.25) is 0 Å². The molecule has 2 aliphatic heterocycles. The molecule has 26 heavy (non-hydrogen) atoms. The van der Waals surface area contributed by atoms with Crippen LogP contribution in [0.15, 0.2) is 24.3 Å². The van der Waals surface area contributed by atoms with Crippen molar-refractivity contribution in [2.45, 2.75) is 12.5 Å². The number of hydrogen-bond acceptors (Lipinski definition) is 7. The SMILES string of the molecule is COc1cc(OC)c(C2CC(=O)c3cc4c(cc3N2)OCO4)cc1OC. The summed E-state index contributed by atoms with van der Waals surface area (Å²) in [6.45, 7) is 0.166. The van der Waals surface area contributed by atoms with Crippen molar-refractivity contribution in [2.75, 3.05) is 33.4 Å². The average Bonchev–Trinajstić information content (AvgIpc) is 3.12. The second-order valence-corrected chi connectivity index (χ2v) is 6.02. The van der Waals surface area contributed by atoms with Crippen molar-refractivity contribution in [3.05, 3.63) is 35.4 Å². The maximum Gasteiger partial charge on any atom is 0.231 e. The Balaban J connectivity index is 1.75. The van der Waals surface area contributed by atoms with Gasteiger partial charge in [0.05, 0.1) is 27.4 Å². The highest BCUT2D eigenvalue weighted by Gasteiger charge is 2.31. The van der Waals surface area contributed by atoms with Crippen LogP contribution in [0.1, 0.15) is 28.4 Å². The van der Waals surface area contributed by atoms with E-state index in [0.717, 1.165) is 5.56 Å². The highest BCUT2D eigenvalue weighted by molar-refractivity contribution is 6.04. The molecule has 2 aromatic rings. The maximum atomic E-state index is 12.7. The first-order chi connectivity index (χ1) is 12.6. The quantitative estimate of drug-likeness (QED) is 0.901. The van der Waals surface area contributed by atoms with Crippen molar-refractivity contribution in [1.82, 2.24) is 0 Å². The lowest BCUT2D eigenvalue weighted by Crippen LogP contribution is -2.23. The standard InChI is InChI=1S/C19H19NO6/c1-22-15-8-17(24-3)16(23-2)5-11(15)12-6-14(21)10-4-18-19(26-9-25-18)7-13(10)20-12/h4-5,7-8,12,20H,6,9H2,1-3H3. The van der Waals surface area contributed by atoms with Gasteiger partial charge in [-0.1, -0.05) is 0 Å². The number of hydrogen-bond donors (Lipinski definition) is 1. The van der Waals surface area contributed by atoms with E-state index in [4.69, 9.17) is 23.7 Å². The van der Waals surface area contributed by atoms with Gasteiger partial charge in [-0.3, -0.25) is 4.79 Å². The number of rotatable bonds is 4. The van der Waals surface area contributed by atoms with Crippen LogP contribution in [0, 0.1) is 0 Å². The molecule has 2 heterocycles. The Morgan fingerprint density at radius 1 is 0.923 bits per heavy atom. The molecular formula is C19H19NO6. The number of benzene rings is 2. The van der Waals surface area contributed by atoms with E-state index in [0.29, 0.717) is 46.4 Å². The van der Waals surface area contributed by atoms with Gasteiger partial charge in [-0.15, -0.1) is 0 Å². The lowest BCUT2D eigenvalue weighted by molar-refractivity contribution is 0.0971. The summed E-state index contributed by atoms with van der Waals surface area (Å²) in [5.74, 6) is 3.02. The van der Waals surface area contributed by atoms with Gasteiger partial charge in [0.1, 0.15) is 5.75 Å². The zero-order chi connectivity index (χ0) is 18.3. The molecule has 0 spiro atoms. The van der Waals surface area contributed by atoms with Crippen molar-refractivity contribution in [1.29, 1.82) is 0 Å². The van der Waals surface area contributed by atoms with E-state index >= 15 is 0 Å². The maximum absolute atomic E-state index is 12.7. The molecule has 0 saturated carbocycles. The summed E-state index contributed by atoms with van der Waals surface area (Å²) in [5.41, 5.74) is 2.14. The molecule has 0 fully saturated rings. The van der Waals surface area contributed by atoms with Crippen LogP contribution in [-0.2, 0) is 0 Å². The molecule has 7 nitrogen and oxygen atoms in total. The molecule has 1 N–H and O–H groups in total. The third kappa shape index (κ3) is 2.56. The van der Waals surface area contributed by atoms with Gasteiger partial charge in [0.2, 0.25) is 6.79 Å². The van der Waals surface area contributed by atoms with E-state index in [2.05, 4.69) is 5.32 Å². The van der Waals surface area contributed by atoms with Gasteiger partial charge in [0, 0.05) is 35.4 Å². The molecule has 0 aliphatic carbocycles. The van der Waals surface area contributed by atoms with Crippen LogP contribution in [0.3, 0.4) is 0 Å². The molecular weight excluding hydrogens is 338 g/mol. The monoisotopic (exact) mass is 357 g/mol. The van der Waals surface area contributed by atoms with E-state index in [1.54, 1.807) is 39.5 Å². The summed E-state index contributed by atoms with van der Waals surface area (Å²) in [5, 5.41) is 3.40. The van der Waals surface area contributed by atoms with Crippen molar-refractivity contribution in [3.8, 4) is 28.7 Å². The molecule has 2 aliphatic rings. The smallest absolute Gasteiger partial charge is 0.231 e. The van der Waals surface area contributed by atoms with Crippen LogP contribution in [0.25, 0.3) is 0 Å². The minimum Gasteiger partial charge on any atom is -0.496 e. The van der Waals surface area contributed by atoms with Gasteiger partial charge < -0.3 is 29.0 Å². The third-order valence-electron chi connectivity index (χ3n) is 4.64. The number of fused-ring (bicyclic) bond motifs is 2. The van der Waals surface area contributed by atoms with Crippen molar-refractivity contribution in [2.24, 2.45) is 0 Å². The number of Topliss-reactive ketones (excluding diaryl/α,β-unsaturated/α-hetero) is 1. The fourth-order valence-electron chi connectivity index (χ4n) is 3.34. The van der Waals surface area contributed by atoms with Crippen LogP contribution < -0.4 is 29.0 Å². The highest BCUT2D eigenvalue weighted by Crippen LogP contribution is 2.45. The fraction of sp³-hybridized carbons (Fsp3) is 0.316. The van der Waals surface area contributed by atoms with Crippen LogP contribution in [0.5, 0.6) is 28.7 Å². The van der Waals surface area contributed by atoms with E-state index < -0.39 is 0 Å². The largest absolute Gasteiger partial charge is 0.496 e. The molecule has 4 rings (SSSR count). The second kappa shape index (κ2) is 6.33. The molecule has 136 valence electrons. The Morgan fingerprint density at radius 2 is 1.58 bits per heavy atom. The molecule has 1 unspecified atom stereocenters. The minimum atomic E-state index is -0.259. The van der Waals surface area contributed by atoms with E-state index in [-0.39, 0.29) is 18.6 Å². The summed E-state index contributed by atoms with van der Waals surface area (Å²) in [6, 6.07) is 6.87. The van der Waals surface area contributed by atoms with Gasteiger partial charge in [0.15, 0.2) is 28.8 Å². The molecule has 1 atom stereocenters. The molecule has 7 heteroatoms. The number of ketones is 1. The first-order valence-corrected chi connectivity index (χ1v) is 8.18. The zero-order valence-electron chi connectivity index (χ0n) is 14.8. The Kier molecular flexibility index (Phi) is 3.99. The predicted octanol–water partition coefficient (Wildman–Crippen LogP) is 3.18. The van der Waals surface area contributed by atoms with Crippen molar-refractivity contribution >= 4 is 11.5 Å². The molecule has 0 saturated heterocycles. The van der Waals surface area contributed by atoms with E-state index in [9.17, 15) is 4.79 Å². The number of nitrogens with one attached hydrogen (secondary N) is 1. The fourth-order valence-corrected chi connectivity index (χ4v) is 3.34. The number of methoxy groups -OCH3 is 3. The lowest BCUT2D eigenvalue weighted by atomic mass is 9.91. The van der Waals surface area contributed by atoms with Crippen molar-refractivity contribution < 1.29 is 28.5 Å². The molecule has 0 aromatic heterocycles. The summed E-state index contributed by atoms with van der Waals surface area (Å²) in [4.78, 5) is 12.7. The minimum absolute atomic E-state index is 0.0267. The third-order valence-corrected chi connectivity index (χ3v) is 4.64. The topological polar surface area (TPSA) is 75.3 Å². The number of ether oxygens (including phenoxy) is 5. The second-order valence-electron chi connectivity index (χ2n) is 6.02. The number of anilines is 1. The van der Waals surface area contributed by atoms with Gasteiger partial charge in [-0.2, -0.15) is 0 Å². The molecule has 0 bridgehead atoms. The molecule has 0 radical (unpaired) electrons. The highest BCUT2D eigenvalue weighted by atomic mass is 16.7. The van der Waals surface area contributed by atoms with Gasteiger partial charge in [-0.25, -0.2) is 0 Å². The average molecular weight is 357 g/mol. The van der Waals surface area contributed by atoms with Gasteiger partial charge in [-0.05, 0) is 12.1 Å². The van der Waals surface area contributed by atoms with Gasteiger partial charge in [0.25, 0.3) is 0 Å². The Hall–Kier alpha value is -3.09. The zero-order valence-corrected chi connectivity index (χ0v) is 14.8. The lowest BCUT2D eigenvalue weighted by Gasteiger charge is -2.28. The Labute approximate surface area is 150 Å². The van der Waals surface area contributed by atoms with Crippen LogP contribution >= 0.6 is 0 Å². The first kappa shape index (κ1) is 16.4. The summed E-state index contributed by atoms with van der Waals surface area (Å²) in [6.07, 6.45) is 0.290. The predicted molar refractivity (Wildman–Crippen MR) is 94.0 cm³/mol. The Bertz CT molecular complexity index is 879. The van der Waals surface area contributed by atoms with E-state index in [1.807, 2.05) is 6.07 Å². The number of carbonyl (C=O) groups excluding carboxylic acids is 1. The normalized spacial score (nSPS) is 17.3. The van der Waals surface area contributed by atoms with E-state index in [1.165, 1.54) is 0 Å². The summed E-state index contributed by atoms with van der Waals surface area (Å²) >= 11 is 0. The van der Waals surface area contributed by atoms with Gasteiger partial charge >= 0.3 is 0 Å². The molecule has 0 amide bonds. The molecule has 2 aromatic carbocycles. The van der Waals surface area contributed by atoms with Crippen LogP contribution in [-0.4, -0.2) is 33.9 Å². The summed E-state index contributed by atoms with van der Waals surface area (Å²) < 4.78 is 27.0. The Morgan fingerprint density at radius 3 is 2.27 bits per heavy atom. The van der Waals surface area contributed by atoms with Crippen LogP contribution in [0.4, 0.5) is 5.69 Å². The summed E-state index contributed by atoms with van der Waals surface area (Å²) in [7, 11) is 4.73. The first-order valence-electron chi connectivity index (χ1n) is 8.18. The number of carbonyl (C=O) groups is 1.